The number of nitrogens with zero attached hydrogens (tertiary/aromatic N) is 2. The third-order valence-corrected chi connectivity index (χ3v) is 5.39. The van der Waals surface area contributed by atoms with E-state index in [-0.39, 0.29) is 18.8 Å². The standard InChI is InChI=1S/C24H22N2O5/c27-13-11-25(12-14-28)17-6-8-18(9-7-17)26(31)23-21-4-2-1-3-19(21)20-10-5-16(24(29)30)15-22(20)23/h1-10,15,27-28H,11-14H2,(H,29,30)/b26-23+. The molecule has 158 valence electrons. The number of aliphatic hydroxyl groups excluding tert-OH is 2. The lowest BCUT2D eigenvalue weighted by Crippen LogP contribution is -2.29. The zero-order valence-electron chi connectivity index (χ0n) is 16.7. The predicted octanol–water partition coefficient (Wildman–Crippen LogP) is 2.84. The van der Waals surface area contributed by atoms with Gasteiger partial charge in [0.1, 0.15) is 0 Å². The molecule has 0 fully saturated rings. The van der Waals surface area contributed by atoms with E-state index in [1.54, 1.807) is 36.4 Å². The lowest BCUT2D eigenvalue weighted by atomic mass is 10.0. The molecule has 7 heteroatoms. The fourth-order valence-corrected chi connectivity index (χ4v) is 3.94. The molecule has 3 N–H and O–H groups in total. The number of anilines is 1. The molecular formula is C24H22N2O5. The molecule has 0 unspecified atom stereocenters. The Hall–Kier alpha value is -3.68. The number of rotatable bonds is 7. The molecule has 4 rings (SSSR count). The maximum absolute atomic E-state index is 13.4. The zero-order chi connectivity index (χ0) is 22.0. The number of hydrogen-bond acceptors (Lipinski definition) is 5. The Labute approximate surface area is 179 Å². The van der Waals surface area contributed by atoms with Crippen molar-refractivity contribution in [3.8, 4) is 11.1 Å². The van der Waals surface area contributed by atoms with E-state index < -0.39 is 5.97 Å². The molecule has 0 heterocycles. The van der Waals surface area contributed by atoms with Crippen molar-refractivity contribution < 1.29 is 24.9 Å². The third kappa shape index (κ3) is 3.76. The van der Waals surface area contributed by atoms with Crippen LogP contribution in [0.5, 0.6) is 0 Å². The highest BCUT2D eigenvalue weighted by molar-refractivity contribution is 6.23. The molecule has 0 radical (unpaired) electrons. The second-order valence-corrected chi connectivity index (χ2v) is 7.20. The summed E-state index contributed by atoms with van der Waals surface area (Å²) in [4.78, 5) is 13.3. The normalized spacial score (nSPS) is 13.5. The van der Waals surface area contributed by atoms with Crippen LogP contribution in [-0.4, -0.2) is 58.0 Å². The first-order valence-corrected chi connectivity index (χ1v) is 9.93. The minimum Gasteiger partial charge on any atom is -0.618 e. The number of carboxylic acid groups (broad SMARTS) is 1. The van der Waals surface area contributed by atoms with Crippen molar-refractivity contribution in [1.29, 1.82) is 0 Å². The Bertz CT molecular complexity index is 1150. The highest BCUT2D eigenvalue weighted by atomic mass is 16.5. The molecule has 0 amide bonds. The van der Waals surface area contributed by atoms with E-state index >= 15 is 0 Å². The Balaban J connectivity index is 1.81. The van der Waals surface area contributed by atoms with Crippen LogP contribution in [-0.2, 0) is 0 Å². The van der Waals surface area contributed by atoms with Crippen molar-refractivity contribution in [3.63, 3.8) is 0 Å². The van der Waals surface area contributed by atoms with Gasteiger partial charge in [-0.25, -0.2) is 4.79 Å². The summed E-state index contributed by atoms with van der Waals surface area (Å²) in [5.74, 6) is -1.05. The summed E-state index contributed by atoms with van der Waals surface area (Å²) in [6.07, 6.45) is 0. The monoisotopic (exact) mass is 418 g/mol. The highest BCUT2D eigenvalue weighted by Crippen LogP contribution is 2.38. The fraction of sp³-hybridized carbons (Fsp3) is 0.167. The van der Waals surface area contributed by atoms with Crippen molar-refractivity contribution in [2.24, 2.45) is 0 Å². The number of aromatic carboxylic acids is 1. The van der Waals surface area contributed by atoms with Crippen LogP contribution >= 0.6 is 0 Å². The average molecular weight is 418 g/mol. The van der Waals surface area contributed by atoms with E-state index in [9.17, 15) is 25.3 Å². The van der Waals surface area contributed by atoms with Crippen LogP contribution in [0.15, 0.2) is 66.7 Å². The molecule has 1 aliphatic carbocycles. The van der Waals surface area contributed by atoms with E-state index in [1.807, 2.05) is 29.2 Å². The molecule has 31 heavy (non-hydrogen) atoms. The molecule has 0 aromatic heterocycles. The summed E-state index contributed by atoms with van der Waals surface area (Å²) in [6.45, 7) is 0.647. The Morgan fingerprint density at radius 3 is 2.06 bits per heavy atom. The predicted molar refractivity (Wildman–Crippen MR) is 118 cm³/mol. The van der Waals surface area contributed by atoms with E-state index in [0.29, 0.717) is 30.1 Å². The van der Waals surface area contributed by atoms with E-state index in [2.05, 4.69) is 0 Å². The number of aliphatic hydroxyl groups is 2. The molecule has 1 aliphatic rings. The van der Waals surface area contributed by atoms with Crippen LogP contribution in [0, 0.1) is 5.21 Å². The topological polar surface area (TPSA) is 107 Å². The summed E-state index contributed by atoms with van der Waals surface area (Å²) in [5, 5.41) is 41.3. The Morgan fingerprint density at radius 1 is 0.839 bits per heavy atom. The van der Waals surface area contributed by atoms with Gasteiger partial charge in [0.2, 0.25) is 11.4 Å². The second-order valence-electron chi connectivity index (χ2n) is 7.20. The quantitative estimate of drug-likeness (QED) is 0.242. The van der Waals surface area contributed by atoms with Crippen molar-refractivity contribution in [2.45, 2.75) is 0 Å². The smallest absolute Gasteiger partial charge is 0.335 e. The highest BCUT2D eigenvalue weighted by Gasteiger charge is 2.32. The van der Waals surface area contributed by atoms with Crippen LogP contribution in [0.1, 0.15) is 21.5 Å². The minimum atomic E-state index is -1.05. The summed E-state index contributed by atoms with van der Waals surface area (Å²) in [6, 6.07) is 19.2. The number of hydrogen-bond donors (Lipinski definition) is 3. The molecule has 7 nitrogen and oxygen atoms in total. The molecular weight excluding hydrogens is 396 g/mol. The molecule has 0 aliphatic heterocycles. The Morgan fingerprint density at radius 2 is 1.45 bits per heavy atom. The number of fused-ring (bicyclic) bond motifs is 3. The van der Waals surface area contributed by atoms with E-state index in [4.69, 9.17) is 0 Å². The molecule has 0 bridgehead atoms. The van der Waals surface area contributed by atoms with Crippen LogP contribution in [0.4, 0.5) is 11.4 Å². The van der Waals surface area contributed by atoms with Gasteiger partial charge in [-0.1, -0.05) is 24.3 Å². The van der Waals surface area contributed by atoms with Gasteiger partial charge in [-0.2, -0.15) is 4.74 Å². The number of carbonyl (C=O) groups is 1. The molecule has 0 saturated heterocycles. The number of carboxylic acids is 1. The summed E-state index contributed by atoms with van der Waals surface area (Å²) in [7, 11) is 0. The average Bonchev–Trinajstić information content (AvgIpc) is 3.12. The van der Waals surface area contributed by atoms with Crippen LogP contribution in [0.25, 0.3) is 11.1 Å². The first-order valence-electron chi connectivity index (χ1n) is 9.93. The lowest BCUT2D eigenvalue weighted by molar-refractivity contribution is -0.359. The van der Waals surface area contributed by atoms with Crippen LogP contribution in [0.3, 0.4) is 0 Å². The van der Waals surface area contributed by atoms with Gasteiger partial charge in [0, 0.05) is 30.9 Å². The third-order valence-electron chi connectivity index (χ3n) is 5.39. The first-order chi connectivity index (χ1) is 15.0. The van der Waals surface area contributed by atoms with Gasteiger partial charge in [-0.05, 0) is 41.5 Å². The van der Waals surface area contributed by atoms with Gasteiger partial charge in [-0.15, -0.1) is 0 Å². The van der Waals surface area contributed by atoms with E-state index in [0.717, 1.165) is 27.1 Å². The van der Waals surface area contributed by atoms with Crippen molar-refractivity contribution in [1.82, 2.24) is 0 Å². The largest absolute Gasteiger partial charge is 0.618 e. The van der Waals surface area contributed by atoms with Crippen LogP contribution in [0.2, 0.25) is 0 Å². The SMILES string of the molecule is O=C(O)c1ccc2c(c1)/C(=[N+](/[O-])c1ccc(N(CCO)CCO)cc1)c1ccccc1-2. The maximum atomic E-state index is 13.4. The van der Waals surface area contributed by atoms with Gasteiger partial charge in [0.05, 0.1) is 29.9 Å². The number of benzene rings is 3. The van der Waals surface area contributed by atoms with Crippen molar-refractivity contribution in [2.75, 3.05) is 31.2 Å². The van der Waals surface area contributed by atoms with Gasteiger partial charge in [-0.3, -0.25) is 0 Å². The second kappa shape index (κ2) is 8.59. The fourth-order valence-electron chi connectivity index (χ4n) is 3.94. The van der Waals surface area contributed by atoms with Gasteiger partial charge >= 0.3 is 5.97 Å². The Kier molecular flexibility index (Phi) is 5.70. The molecule has 0 spiro atoms. The summed E-state index contributed by atoms with van der Waals surface area (Å²) >= 11 is 0. The van der Waals surface area contributed by atoms with E-state index in [1.165, 1.54) is 6.07 Å². The summed E-state index contributed by atoms with van der Waals surface area (Å²) in [5.41, 5.74) is 4.76. The minimum absolute atomic E-state index is 0.0488. The maximum Gasteiger partial charge on any atom is 0.335 e. The van der Waals surface area contributed by atoms with Crippen molar-refractivity contribution >= 4 is 23.1 Å². The zero-order valence-corrected chi connectivity index (χ0v) is 16.7. The van der Waals surface area contributed by atoms with Crippen LogP contribution < -0.4 is 4.90 Å². The molecule has 3 aromatic rings. The van der Waals surface area contributed by atoms with Gasteiger partial charge in [0.15, 0.2) is 0 Å². The van der Waals surface area contributed by atoms with Gasteiger partial charge < -0.3 is 25.4 Å². The van der Waals surface area contributed by atoms with Gasteiger partial charge in [0.25, 0.3) is 0 Å². The summed E-state index contributed by atoms with van der Waals surface area (Å²) < 4.78 is 0.822. The first kappa shape index (κ1) is 20.6. The lowest BCUT2D eigenvalue weighted by Gasteiger charge is -2.22. The molecule has 3 aromatic carbocycles. The molecule has 0 atom stereocenters. The van der Waals surface area contributed by atoms with Crippen molar-refractivity contribution in [3.05, 3.63) is 88.6 Å². The molecule has 0 saturated carbocycles.